The van der Waals surface area contributed by atoms with Crippen molar-refractivity contribution >= 4 is 42.4 Å². The summed E-state index contributed by atoms with van der Waals surface area (Å²) in [5, 5.41) is 1.34. The average Bonchev–Trinajstić information content (AvgIpc) is 3.06. The molecular weight excluding hydrogens is 414 g/mol. The molecule has 9 heteroatoms. The fourth-order valence-electron chi connectivity index (χ4n) is 4.38. The molecule has 0 radical (unpaired) electrons. The van der Waals surface area contributed by atoms with E-state index in [1.54, 1.807) is 0 Å². The van der Waals surface area contributed by atoms with Gasteiger partial charge >= 0.3 is 9.33 Å². The number of H-pyrrole nitrogens is 1. The molecule has 0 bridgehead atoms. The SMILES string of the molecule is CCN(CC)C(=O)[C@@H]1C=C2c3cccc4[nH]cc(c34)C[C@H]2N(C)C1.O=S(=O)(O)Cl. The number of nitrogens with zero attached hydrogens (tertiary/aromatic N) is 2. The van der Waals surface area contributed by atoms with Gasteiger partial charge in [0.25, 0.3) is 0 Å². The Morgan fingerprint density at radius 3 is 2.62 bits per heavy atom. The molecule has 1 aromatic heterocycles. The molecule has 0 saturated heterocycles. The first kappa shape index (κ1) is 21.8. The Morgan fingerprint density at radius 2 is 2.00 bits per heavy atom. The molecule has 0 saturated carbocycles. The van der Waals surface area contributed by atoms with Crippen molar-refractivity contribution in [3.8, 4) is 0 Å². The van der Waals surface area contributed by atoms with Crippen molar-refractivity contribution in [2.24, 2.45) is 5.92 Å². The summed E-state index contributed by atoms with van der Waals surface area (Å²) in [5.74, 6) is 0.210. The summed E-state index contributed by atoms with van der Waals surface area (Å²) in [5.41, 5.74) is 5.21. The van der Waals surface area contributed by atoms with Crippen LogP contribution in [0.2, 0.25) is 0 Å². The van der Waals surface area contributed by atoms with E-state index < -0.39 is 9.33 Å². The van der Waals surface area contributed by atoms with Gasteiger partial charge in [0.05, 0.1) is 5.92 Å². The number of rotatable bonds is 3. The van der Waals surface area contributed by atoms with Crippen molar-refractivity contribution in [1.29, 1.82) is 0 Å². The van der Waals surface area contributed by atoms with Crippen LogP contribution in [-0.2, 0) is 20.5 Å². The van der Waals surface area contributed by atoms with Crippen molar-refractivity contribution < 1.29 is 17.8 Å². The summed E-state index contributed by atoms with van der Waals surface area (Å²) < 4.78 is 25.2. The van der Waals surface area contributed by atoms with Crippen LogP contribution in [0, 0.1) is 5.92 Å². The number of benzene rings is 1. The Bertz CT molecular complexity index is 1040. The molecule has 2 N–H and O–H groups in total. The number of aromatic nitrogens is 1. The van der Waals surface area contributed by atoms with Crippen LogP contribution >= 0.6 is 10.7 Å². The lowest BCUT2D eigenvalue weighted by Gasteiger charge is -2.40. The predicted molar refractivity (Wildman–Crippen MR) is 115 cm³/mol. The van der Waals surface area contributed by atoms with Crippen molar-refractivity contribution in [2.45, 2.75) is 26.3 Å². The van der Waals surface area contributed by atoms with Crippen molar-refractivity contribution in [3.63, 3.8) is 0 Å². The summed E-state index contributed by atoms with van der Waals surface area (Å²) in [6, 6.07) is 6.82. The highest BCUT2D eigenvalue weighted by atomic mass is 35.7. The third kappa shape index (κ3) is 4.66. The number of fused-ring (bicyclic) bond motifs is 2. The summed E-state index contributed by atoms with van der Waals surface area (Å²) in [6.07, 6.45) is 5.41. The average molecular weight is 440 g/mol. The zero-order valence-corrected chi connectivity index (χ0v) is 18.3. The molecule has 0 spiro atoms. The molecule has 7 nitrogen and oxygen atoms in total. The molecule has 0 fully saturated rings. The zero-order chi connectivity index (χ0) is 21.3. The Kier molecular flexibility index (Phi) is 6.38. The van der Waals surface area contributed by atoms with E-state index in [4.69, 9.17) is 13.0 Å². The Labute approximate surface area is 175 Å². The van der Waals surface area contributed by atoms with Crippen LogP contribution in [0.25, 0.3) is 16.5 Å². The van der Waals surface area contributed by atoms with E-state index in [1.807, 2.05) is 4.90 Å². The molecule has 2 aromatic rings. The molecule has 0 unspecified atom stereocenters. The normalized spacial score (nSPS) is 21.1. The summed E-state index contributed by atoms with van der Waals surface area (Å²) >= 11 is 0. The molecule has 158 valence electrons. The highest BCUT2D eigenvalue weighted by molar-refractivity contribution is 8.09. The predicted octanol–water partition coefficient (Wildman–Crippen LogP) is 2.93. The molecule has 2 atom stereocenters. The van der Waals surface area contributed by atoms with E-state index in [2.05, 4.69) is 71.9 Å². The van der Waals surface area contributed by atoms with Crippen molar-refractivity contribution in [2.75, 3.05) is 26.7 Å². The maximum Gasteiger partial charge on any atom is 0.353 e. The number of carbonyl (C=O) groups excluding carboxylic acids is 1. The van der Waals surface area contributed by atoms with E-state index in [9.17, 15) is 4.79 Å². The summed E-state index contributed by atoms with van der Waals surface area (Å²) in [4.78, 5) is 20.6. The number of likely N-dealkylation sites (N-methyl/N-ethyl adjacent to an activating group) is 1. The lowest BCUT2D eigenvalue weighted by Crippen LogP contribution is -2.47. The van der Waals surface area contributed by atoms with E-state index in [0.29, 0.717) is 6.04 Å². The maximum absolute atomic E-state index is 12.9. The minimum absolute atomic E-state index is 0.0445. The van der Waals surface area contributed by atoms with Gasteiger partial charge in [-0.15, -0.1) is 0 Å². The molecule has 1 amide bonds. The lowest BCUT2D eigenvalue weighted by molar-refractivity contribution is -0.134. The fraction of sp³-hybridized carbons (Fsp3) is 0.450. The Hall–Kier alpha value is -1.87. The largest absolute Gasteiger partial charge is 0.361 e. The standard InChI is InChI=1S/C20H25N3O.ClHO3S/c1-4-23(5-2)20(24)14-9-16-15-7-6-8-17-19(15)13(11-21-17)10-18(16)22(3)12-14;1-5(2,3)4/h6-9,11,14,18,21H,4-5,10,12H2,1-3H3;(H,2,3,4)/t14-,18-;/m1./s1. The first-order chi connectivity index (χ1) is 13.6. The van der Waals surface area contributed by atoms with Crippen LogP contribution in [0.5, 0.6) is 0 Å². The molecule has 1 aliphatic heterocycles. The molecule has 2 aliphatic rings. The topological polar surface area (TPSA) is 93.7 Å². The van der Waals surface area contributed by atoms with Crippen molar-refractivity contribution in [3.05, 3.63) is 41.6 Å². The molecule has 1 aromatic carbocycles. The highest BCUT2D eigenvalue weighted by Gasteiger charge is 2.36. The molecule has 1 aliphatic carbocycles. The zero-order valence-electron chi connectivity index (χ0n) is 16.7. The van der Waals surface area contributed by atoms with Gasteiger partial charge in [-0.2, -0.15) is 8.42 Å². The second-order valence-corrected chi connectivity index (χ2v) is 9.35. The number of aromatic amines is 1. The van der Waals surface area contributed by atoms with E-state index in [0.717, 1.165) is 26.1 Å². The Morgan fingerprint density at radius 1 is 1.34 bits per heavy atom. The minimum Gasteiger partial charge on any atom is -0.361 e. The Balaban J connectivity index is 0.000000431. The highest BCUT2D eigenvalue weighted by Crippen LogP contribution is 2.40. The van der Waals surface area contributed by atoms with Crippen LogP contribution in [-0.4, -0.2) is 66.4 Å². The van der Waals surface area contributed by atoms with Gasteiger partial charge in [0, 0.05) is 53.5 Å². The number of amides is 1. The van der Waals surface area contributed by atoms with Gasteiger partial charge in [-0.25, -0.2) is 0 Å². The fourth-order valence-corrected chi connectivity index (χ4v) is 4.38. The second kappa shape index (κ2) is 8.47. The van der Waals surface area contributed by atoms with E-state index in [-0.39, 0.29) is 11.8 Å². The lowest BCUT2D eigenvalue weighted by atomic mass is 9.79. The van der Waals surface area contributed by atoms with Gasteiger partial charge in [-0.1, -0.05) is 18.2 Å². The first-order valence-electron chi connectivity index (χ1n) is 9.61. The van der Waals surface area contributed by atoms with Crippen LogP contribution in [0.1, 0.15) is 25.0 Å². The van der Waals surface area contributed by atoms with E-state index in [1.165, 1.54) is 27.6 Å². The number of halogens is 1. The summed E-state index contributed by atoms with van der Waals surface area (Å²) in [7, 11) is 2.01. The number of hydrogen-bond donors (Lipinski definition) is 2. The quantitative estimate of drug-likeness (QED) is 0.566. The maximum atomic E-state index is 12.9. The second-order valence-electron chi connectivity index (χ2n) is 7.35. The molecule has 4 rings (SSSR count). The monoisotopic (exact) mass is 439 g/mol. The van der Waals surface area contributed by atoms with Gasteiger partial charge in [0.2, 0.25) is 5.91 Å². The smallest absolute Gasteiger partial charge is 0.353 e. The minimum atomic E-state index is -4.19. The van der Waals surface area contributed by atoms with E-state index >= 15 is 0 Å². The van der Waals surface area contributed by atoms with Crippen LogP contribution in [0.4, 0.5) is 0 Å². The van der Waals surface area contributed by atoms with Crippen LogP contribution < -0.4 is 0 Å². The van der Waals surface area contributed by atoms with Crippen molar-refractivity contribution in [1.82, 2.24) is 14.8 Å². The number of hydrogen-bond acceptors (Lipinski definition) is 4. The molecular formula is C20H26ClN3O4S. The molecule has 2 heterocycles. The van der Waals surface area contributed by atoms with Gasteiger partial charge in [0.15, 0.2) is 0 Å². The van der Waals surface area contributed by atoms with Gasteiger partial charge in [-0.3, -0.25) is 14.2 Å². The number of carbonyl (C=O) groups is 1. The third-order valence-electron chi connectivity index (χ3n) is 5.66. The van der Waals surface area contributed by atoms with Crippen LogP contribution in [0.15, 0.2) is 30.5 Å². The first-order valence-corrected chi connectivity index (χ1v) is 11.9. The van der Waals surface area contributed by atoms with Gasteiger partial charge in [-0.05, 0) is 50.1 Å². The third-order valence-corrected chi connectivity index (χ3v) is 5.66. The van der Waals surface area contributed by atoms with Gasteiger partial charge in [0.1, 0.15) is 0 Å². The van der Waals surface area contributed by atoms with Gasteiger partial charge < -0.3 is 9.88 Å². The summed E-state index contributed by atoms with van der Waals surface area (Å²) in [6.45, 7) is 6.47. The molecule has 29 heavy (non-hydrogen) atoms. The number of nitrogens with one attached hydrogen (secondary N) is 1. The van der Waals surface area contributed by atoms with Crippen LogP contribution in [0.3, 0.4) is 0 Å².